The van der Waals surface area contributed by atoms with E-state index in [0.717, 1.165) is 10.0 Å². The third-order valence-corrected chi connectivity index (χ3v) is 4.72. The molecule has 2 aromatic rings. The topological polar surface area (TPSA) is 58.5 Å². The first-order chi connectivity index (χ1) is 9.88. The molecule has 0 bridgehead atoms. The van der Waals surface area contributed by atoms with Crippen LogP contribution in [0.1, 0.15) is 12.5 Å². The molecule has 0 aliphatic heterocycles. The van der Waals surface area contributed by atoms with Crippen LogP contribution < -0.4 is 4.83 Å². The molecular weight excluding hydrogens is 376 g/mol. The van der Waals surface area contributed by atoms with Crippen molar-refractivity contribution < 1.29 is 8.42 Å². The summed E-state index contributed by atoms with van der Waals surface area (Å²) >= 11 is 9.07. The number of hydrogen-bond donors (Lipinski definition) is 1. The third kappa shape index (κ3) is 4.30. The van der Waals surface area contributed by atoms with Gasteiger partial charge in [0.1, 0.15) is 0 Å². The number of nitrogens with one attached hydrogen (secondary N) is 1. The van der Waals surface area contributed by atoms with E-state index < -0.39 is 10.0 Å². The summed E-state index contributed by atoms with van der Waals surface area (Å²) in [6.45, 7) is 1.73. The molecule has 0 fully saturated rings. The maximum atomic E-state index is 12.1. The van der Waals surface area contributed by atoms with E-state index in [-0.39, 0.29) is 4.90 Å². The maximum Gasteiger partial charge on any atom is 0.276 e. The van der Waals surface area contributed by atoms with Gasteiger partial charge in [0.25, 0.3) is 10.0 Å². The zero-order valence-electron chi connectivity index (χ0n) is 11.0. The van der Waals surface area contributed by atoms with Gasteiger partial charge in [-0.25, -0.2) is 0 Å². The van der Waals surface area contributed by atoms with Crippen LogP contribution in [0, 0.1) is 0 Å². The number of benzene rings is 2. The number of hydrogen-bond acceptors (Lipinski definition) is 3. The Balaban J connectivity index is 2.18. The zero-order valence-corrected chi connectivity index (χ0v) is 14.2. The molecule has 0 atom stereocenters. The van der Waals surface area contributed by atoms with E-state index in [1.807, 2.05) is 24.3 Å². The molecule has 21 heavy (non-hydrogen) atoms. The average Bonchev–Trinajstić information content (AvgIpc) is 2.46. The molecule has 0 unspecified atom stereocenters. The van der Waals surface area contributed by atoms with E-state index in [0.29, 0.717) is 10.7 Å². The van der Waals surface area contributed by atoms with Crippen LogP contribution in [0.4, 0.5) is 0 Å². The van der Waals surface area contributed by atoms with Gasteiger partial charge in [0, 0.05) is 9.50 Å². The normalized spacial score (nSPS) is 12.2. The molecule has 4 nitrogen and oxygen atoms in total. The quantitative estimate of drug-likeness (QED) is 0.640. The van der Waals surface area contributed by atoms with Gasteiger partial charge in [0.15, 0.2) is 0 Å². The molecule has 0 saturated carbocycles. The zero-order chi connectivity index (χ0) is 15.5. The molecule has 0 radical (unpaired) electrons. The fourth-order valence-corrected chi connectivity index (χ4v) is 2.80. The summed E-state index contributed by atoms with van der Waals surface area (Å²) in [4.78, 5) is 2.32. The van der Waals surface area contributed by atoms with Crippen molar-refractivity contribution >= 4 is 43.3 Å². The number of nitrogens with zero attached hydrogens (tertiary/aromatic N) is 1. The molecule has 0 aliphatic rings. The molecule has 0 saturated heterocycles. The van der Waals surface area contributed by atoms with Crippen molar-refractivity contribution in [2.45, 2.75) is 11.8 Å². The second-order valence-electron chi connectivity index (χ2n) is 4.25. The Kier molecular flexibility index (Phi) is 5.03. The highest BCUT2D eigenvalue weighted by Gasteiger charge is 2.12. The molecule has 0 spiro atoms. The van der Waals surface area contributed by atoms with E-state index in [9.17, 15) is 8.42 Å². The van der Waals surface area contributed by atoms with Crippen LogP contribution in [0.25, 0.3) is 0 Å². The average molecular weight is 388 g/mol. The number of sulfonamides is 1. The Morgan fingerprint density at radius 1 is 1.10 bits per heavy atom. The highest BCUT2D eigenvalue weighted by atomic mass is 79.9. The molecule has 2 aromatic carbocycles. The van der Waals surface area contributed by atoms with E-state index in [1.165, 1.54) is 24.3 Å². The molecular formula is C14H12BrClN2O2S. The highest BCUT2D eigenvalue weighted by molar-refractivity contribution is 9.10. The fraction of sp³-hybridized carbons (Fsp3) is 0.0714. The number of rotatable bonds is 4. The summed E-state index contributed by atoms with van der Waals surface area (Å²) in [6, 6.07) is 13.3. The lowest BCUT2D eigenvalue weighted by molar-refractivity contribution is 0.584. The third-order valence-electron chi connectivity index (χ3n) is 2.72. The molecule has 0 heterocycles. The minimum atomic E-state index is -3.69. The highest BCUT2D eigenvalue weighted by Crippen LogP contribution is 2.14. The monoisotopic (exact) mass is 386 g/mol. The lowest BCUT2D eigenvalue weighted by Gasteiger charge is -2.05. The second-order valence-corrected chi connectivity index (χ2v) is 7.27. The predicted molar refractivity (Wildman–Crippen MR) is 88.1 cm³/mol. The summed E-state index contributed by atoms with van der Waals surface area (Å²) < 4.78 is 25.1. The smallest absolute Gasteiger partial charge is 0.200 e. The summed E-state index contributed by atoms with van der Waals surface area (Å²) in [5.74, 6) is 0. The van der Waals surface area contributed by atoms with Crippen LogP contribution in [0.3, 0.4) is 0 Å². The molecule has 0 aromatic heterocycles. The molecule has 1 N–H and O–H groups in total. The van der Waals surface area contributed by atoms with Crippen molar-refractivity contribution in [3.63, 3.8) is 0 Å². The first-order valence-corrected chi connectivity index (χ1v) is 8.61. The van der Waals surface area contributed by atoms with Crippen LogP contribution in [-0.4, -0.2) is 14.1 Å². The molecule has 110 valence electrons. The minimum absolute atomic E-state index is 0.110. The largest absolute Gasteiger partial charge is 0.276 e. The van der Waals surface area contributed by atoms with Crippen molar-refractivity contribution in [1.29, 1.82) is 0 Å². The Bertz CT molecular complexity index is 757. The second kappa shape index (κ2) is 6.60. The van der Waals surface area contributed by atoms with E-state index >= 15 is 0 Å². The summed E-state index contributed by atoms with van der Waals surface area (Å²) in [7, 11) is -3.69. The van der Waals surface area contributed by atoms with Crippen molar-refractivity contribution in [2.24, 2.45) is 5.10 Å². The fourth-order valence-electron chi connectivity index (χ4n) is 1.55. The van der Waals surface area contributed by atoms with Crippen molar-refractivity contribution in [1.82, 2.24) is 4.83 Å². The standard InChI is InChI=1S/C14H12BrClN2O2S/c1-10(11-2-4-12(15)5-3-11)17-18-21(19,20)14-8-6-13(16)7-9-14/h2-9,18H,1H3. The van der Waals surface area contributed by atoms with Gasteiger partial charge in [-0.3, -0.25) is 0 Å². The summed E-state index contributed by atoms with van der Waals surface area (Å²) in [5.41, 5.74) is 1.40. The van der Waals surface area contributed by atoms with Crippen LogP contribution in [-0.2, 0) is 10.0 Å². The van der Waals surface area contributed by atoms with Gasteiger partial charge in [0.05, 0.1) is 10.6 Å². The first kappa shape index (κ1) is 16.0. The summed E-state index contributed by atoms with van der Waals surface area (Å²) in [5, 5.41) is 4.40. The Labute approximate surface area is 137 Å². The van der Waals surface area contributed by atoms with Crippen molar-refractivity contribution in [2.75, 3.05) is 0 Å². The molecule has 2 rings (SSSR count). The first-order valence-electron chi connectivity index (χ1n) is 5.96. The SMILES string of the molecule is CC(=NNS(=O)(=O)c1ccc(Cl)cc1)c1ccc(Br)cc1. The Morgan fingerprint density at radius 2 is 1.67 bits per heavy atom. The number of hydrazone groups is 1. The van der Waals surface area contributed by atoms with Gasteiger partial charge >= 0.3 is 0 Å². The van der Waals surface area contributed by atoms with Crippen LogP contribution in [0.5, 0.6) is 0 Å². The lowest BCUT2D eigenvalue weighted by atomic mass is 10.1. The van der Waals surface area contributed by atoms with Gasteiger partial charge in [-0.15, -0.1) is 0 Å². The van der Waals surface area contributed by atoms with Crippen molar-refractivity contribution in [3.05, 3.63) is 63.6 Å². The van der Waals surface area contributed by atoms with Gasteiger partial charge in [-0.05, 0) is 48.9 Å². The van der Waals surface area contributed by atoms with Crippen LogP contribution in [0.2, 0.25) is 5.02 Å². The Morgan fingerprint density at radius 3 is 2.24 bits per heavy atom. The minimum Gasteiger partial charge on any atom is -0.200 e. The van der Waals surface area contributed by atoms with Crippen molar-refractivity contribution in [3.8, 4) is 0 Å². The van der Waals surface area contributed by atoms with Gasteiger partial charge in [0.2, 0.25) is 0 Å². The van der Waals surface area contributed by atoms with Crippen LogP contribution >= 0.6 is 27.5 Å². The van der Waals surface area contributed by atoms with Gasteiger partial charge in [-0.2, -0.15) is 18.4 Å². The van der Waals surface area contributed by atoms with E-state index in [1.54, 1.807) is 6.92 Å². The van der Waals surface area contributed by atoms with Gasteiger partial charge < -0.3 is 0 Å². The predicted octanol–water partition coefficient (Wildman–Crippen LogP) is 3.81. The van der Waals surface area contributed by atoms with Gasteiger partial charge in [-0.1, -0.05) is 39.7 Å². The van der Waals surface area contributed by atoms with E-state index in [4.69, 9.17) is 11.6 Å². The summed E-state index contributed by atoms with van der Waals surface area (Å²) in [6.07, 6.45) is 0. The molecule has 7 heteroatoms. The molecule has 0 aliphatic carbocycles. The molecule has 0 amide bonds. The van der Waals surface area contributed by atoms with E-state index in [2.05, 4.69) is 25.9 Å². The number of halogens is 2. The van der Waals surface area contributed by atoms with Crippen LogP contribution in [0.15, 0.2) is 63.0 Å². The maximum absolute atomic E-state index is 12.1. The lowest BCUT2D eigenvalue weighted by Crippen LogP contribution is -2.19. The Hall–Kier alpha value is -1.37.